The molecule has 1 heterocycles. The Kier molecular flexibility index (Phi) is 6.16. The SMILES string of the molecule is COC[C@@H](O)CN(C)Cc1cc(Cl)nc(Cl)c1. The molecule has 1 rings (SSSR count). The van der Waals surface area contributed by atoms with Crippen molar-refractivity contribution >= 4 is 23.2 Å². The first-order valence-electron chi connectivity index (χ1n) is 5.18. The van der Waals surface area contributed by atoms with E-state index >= 15 is 0 Å². The average Bonchev–Trinajstić information content (AvgIpc) is 2.14. The standard InChI is InChI=1S/C11H16Cl2N2O2/c1-15(6-9(16)7-17-2)5-8-3-10(12)14-11(13)4-8/h3-4,9,16H,5-7H2,1-2H3/t9-/m0/s1. The maximum absolute atomic E-state index is 9.58. The summed E-state index contributed by atoms with van der Waals surface area (Å²) in [6.07, 6.45) is -0.502. The molecule has 1 aromatic heterocycles. The molecular weight excluding hydrogens is 263 g/mol. The average molecular weight is 279 g/mol. The first-order valence-corrected chi connectivity index (χ1v) is 5.94. The molecule has 1 atom stereocenters. The van der Waals surface area contributed by atoms with Gasteiger partial charge in [0.25, 0.3) is 0 Å². The van der Waals surface area contributed by atoms with Crippen molar-refractivity contribution in [3.63, 3.8) is 0 Å². The third-order valence-electron chi connectivity index (χ3n) is 2.16. The van der Waals surface area contributed by atoms with Gasteiger partial charge in [0.05, 0.1) is 12.7 Å². The molecule has 1 N–H and O–H groups in total. The quantitative estimate of drug-likeness (QED) is 0.807. The summed E-state index contributed by atoms with van der Waals surface area (Å²) in [5.41, 5.74) is 0.960. The number of likely N-dealkylation sites (N-methyl/N-ethyl adjacent to an activating group) is 1. The molecule has 0 fully saturated rings. The van der Waals surface area contributed by atoms with Crippen molar-refractivity contribution in [2.75, 3.05) is 27.3 Å². The number of aliphatic hydroxyl groups excluding tert-OH is 1. The van der Waals surface area contributed by atoms with Crippen LogP contribution in [-0.4, -0.2) is 48.4 Å². The van der Waals surface area contributed by atoms with Crippen molar-refractivity contribution in [2.45, 2.75) is 12.6 Å². The summed E-state index contributed by atoms with van der Waals surface area (Å²) in [5.74, 6) is 0. The molecule has 0 unspecified atom stereocenters. The van der Waals surface area contributed by atoms with Gasteiger partial charge < -0.3 is 9.84 Å². The zero-order valence-corrected chi connectivity index (χ0v) is 11.4. The van der Waals surface area contributed by atoms with E-state index in [4.69, 9.17) is 27.9 Å². The lowest BCUT2D eigenvalue weighted by Gasteiger charge is -2.20. The van der Waals surface area contributed by atoms with Crippen LogP contribution in [0.25, 0.3) is 0 Å². The third-order valence-corrected chi connectivity index (χ3v) is 2.54. The predicted molar refractivity (Wildman–Crippen MR) is 68.5 cm³/mol. The summed E-state index contributed by atoms with van der Waals surface area (Å²) in [6, 6.07) is 3.51. The Labute approximate surface area is 111 Å². The summed E-state index contributed by atoms with van der Waals surface area (Å²) >= 11 is 11.6. The lowest BCUT2D eigenvalue weighted by atomic mass is 10.2. The van der Waals surface area contributed by atoms with Crippen LogP contribution in [0.2, 0.25) is 10.3 Å². The van der Waals surface area contributed by atoms with E-state index in [1.165, 1.54) is 0 Å². The van der Waals surface area contributed by atoms with Gasteiger partial charge in [-0.2, -0.15) is 0 Å². The molecule has 0 bridgehead atoms. The minimum absolute atomic E-state index is 0.322. The molecule has 4 nitrogen and oxygen atoms in total. The maximum Gasteiger partial charge on any atom is 0.131 e. The second kappa shape index (κ2) is 7.13. The summed E-state index contributed by atoms with van der Waals surface area (Å²) < 4.78 is 4.86. The molecule has 0 spiro atoms. The van der Waals surface area contributed by atoms with Crippen molar-refractivity contribution in [2.24, 2.45) is 0 Å². The van der Waals surface area contributed by atoms with Crippen molar-refractivity contribution in [3.05, 3.63) is 28.0 Å². The highest BCUT2D eigenvalue weighted by molar-refractivity contribution is 6.32. The molecule has 0 saturated carbocycles. The summed E-state index contributed by atoms with van der Waals surface area (Å²) in [7, 11) is 3.47. The number of pyridine rings is 1. The number of ether oxygens (including phenoxy) is 1. The highest BCUT2D eigenvalue weighted by Crippen LogP contribution is 2.15. The summed E-state index contributed by atoms with van der Waals surface area (Å²) in [5, 5.41) is 10.3. The lowest BCUT2D eigenvalue weighted by molar-refractivity contribution is 0.0419. The van der Waals surface area contributed by atoms with Crippen LogP contribution in [0.3, 0.4) is 0 Å². The van der Waals surface area contributed by atoms with Gasteiger partial charge in [0, 0.05) is 20.2 Å². The topological polar surface area (TPSA) is 45.6 Å². The van der Waals surface area contributed by atoms with E-state index in [1.54, 1.807) is 19.2 Å². The lowest BCUT2D eigenvalue weighted by Crippen LogP contribution is -2.31. The van der Waals surface area contributed by atoms with Crippen LogP contribution in [0, 0.1) is 0 Å². The highest BCUT2D eigenvalue weighted by Gasteiger charge is 2.09. The first-order chi connectivity index (χ1) is 8.01. The number of rotatable bonds is 6. The molecular formula is C11H16Cl2N2O2. The van der Waals surface area contributed by atoms with Gasteiger partial charge in [-0.1, -0.05) is 23.2 Å². The Morgan fingerprint density at radius 3 is 2.53 bits per heavy atom. The molecule has 0 aromatic carbocycles. The highest BCUT2D eigenvalue weighted by atomic mass is 35.5. The second-order valence-electron chi connectivity index (χ2n) is 3.93. The van der Waals surface area contributed by atoms with Crippen LogP contribution < -0.4 is 0 Å². The van der Waals surface area contributed by atoms with E-state index in [0.717, 1.165) is 5.56 Å². The first kappa shape index (κ1) is 14.7. The molecule has 0 amide bonds. The fraction of sp³-hybridized carbons (Fsp3) is 0.545. The normalized spacial score (nSPS) is 13.1. The van der Waals surface area contributed by atoms with Gasteiger partial charge in [0.15, 0.2) is 0 Å². The van der Waals surface area contributed by atoms with E-state index in [1.807, 2.05) is 11.9 Å². The van der Waals surface area contributed by atoms with Crippen LogP contribution in [0.4, 0.5) is 0 Å². The number of methoxy groups -OCH3 is 1. The van der Waals surface area contributed by atoms with Gasteiger partial charge in [-0.25, -0.2) is 4.98 Å². The third kappa shape index (κ3) is 5.66. The number of hydrogen-bond acceptors (Lipinski definition) is 4. The van der Waals surface area contributed by atoms with Gasteiger partial charge in [0.2, 0.25) is 0 Å². The number of halogens is 2. The maximum atomic E-state index is 9.58. The van der Waals surface area contributed by atoms with Crippen LogP contribution in [0.1, 0.15) is 5.56 Å². The molecule has 0 radical (unpaired) electrons. The Bertz CT molecular complexity index is 343. The summed E-state index contributed by atoms with van der Waals surface area (Å²) in [4.78, 5) is 5.84. The van der Waals surface area contributed by atoms with Crippen LogP contribution >= 0.6 is 23.2 Å². The Balaban J connectivity index is 2.52. The largest absolute Gasteiger partial charge is 0.389 e. The van der Waals surface area contributed by atoms with Crippen molar-refractivity contribution in [1.82, 2.24) is 9.88 Å². The van der Waals surface area contributed by atoms with Crippen LogP contribution in [0.15, 0.2) is 12.1 Å². The molecule has 0 aliphatic carbocycles. The van der Waals surface area contributed by atoms with E-state index in [-0.39, 0.29) is 0 Å². The van der Waals surface area contributed by atoms with Crippen molar-refractivity contribution in [1.29, 1.82) is 0 Å². The number of hydrogen-bond donors (Lipinski definition) is 1. The fourth-order valence-corrected chi connectivity index (χ4v) is 2.09. The van der Waals surface area contributed by atoms with Gasteiger partial charge in [-0.15, -0.1) is 0 Å². The number of nitrogens with zero attached hydrogens (tertiary/aromatic N) is 2. The second-order valence-corrected chi connectivity index (χ2v) is 4.70. The van der Waals surface area contributed by atoms with E-state index in [0.29, 0.717) is 30.0 Å². The van der Waals surface area contributed by atoms with Gasteiger partial charge in [0.1, 0.15) is 10.3 Å². The molecule has 0 aliphatic heterocycles. The molecule has 17 heavy (non-hydrogen) atoms. The molecule has 0 aliphatic rings. The Hall–Kier alpha value is -0.390. The van der Waals surface area contributed by atoms with E-state index < -0.39 is 6.10 Å². The van der Waals surface area contributed by atoms with Gasteiger partial charge in [-0.05, 0) is 24.7 Å². The molecule has 6 heteroatoms. The Morgan fingerprint density at radius 2 is 2.00 bits per heavy atom. The fourth-order valence-electron chi connectivity index (χ4n) is 1.59. The Morgan fingerprint density at radius 1 is 1.41 bits per heavy atom. The predicted octanol–water partition coefficient (Wildman–Crippen LogP) is 1.83. The van der Waals surface area contributed by atoms with Crippen LogP contribution in [0.5, 0.6) is 0 Å². The van der Waals surface area contributed by atoms with E-state index in [2.05, 4.69) is 4.98 Å². The van der Waals surface area contributed by atoms with Gasteiger partial charge >= 0.3 is 0 Å². The zero-order valence-electron chi connectivity index (χ0n) is 9.86. The van der Waals surface area contributed by atoms with Crippen LogP contribution in [-0.2, 0) is 11.3 Å². The molecule has 1 aromatic rings. The smallest absolute Gasteiger partial charge is 0.131 e. The molecule has 0 saturated heterocycles. The van der Waals surface area contributed by atoms with Crippen molar-refractivity contribution in [3.8, 4) is 0 Å². The van der Waals surface area contributed by atoms with Gasteiger partial charge in [-0.3, -0.25) is 4.90 Å². The monoisotopic (exact) mass is 278 g/mol. The molecule has 96 valence electrons. The van der Waals surface area contributed by atoms with Crippen molar-refractivity contribution < 1.29 is 9.84 Å². The number of aliphatic hydroxyl groups is 1. The minimum atomic E-state index is -0.502. The minimum Gasteiger partial charge on any atom is -0.389 e. The van der Waals surface area contributed by atoms with E-state index in [9.17, 15) is 5.11 Å². The number of aromatic nitrogens is 1. The summed E-state index contributed by atoms with van der Waals surface area (Å²) in [6.45, 7) is 1.48. The zero-order chi connectivity index (χ0) is 12.8.